The van der Waals surface area contributed by atoms with Crippen molar-refractivity contribution in [3.8, 4) is 0 Å². The Hall–Kier alpha value is -0.990. The van der Waals surface area contributed by atoms with E-state index in [1.54, 1.807) is 7.05 Å². The summed E-state index contributed by atoms with van der Waals surface area (Å²) >= 11 is 0. The molecule has 1 amide bonds. The van der Waals surface area contributed by atoms with Crippen molar-refractivity contribution < 1.29 is 9.53 Å². The Balaban J connectivity index is 3.06. The summed E-state index contributed by atoms with van der Waals surface area (Å²) in [6.07, 6.45) is 16.7. The lowest BCUT2D eigenvalue weighted by Crippen LogP contribution is -2.19. The van der Waals surface area contributed by atoms with E-state index in [9.17, 15) is 4.79 Å². The molecule has 0 fully saturated rings. The van der Waals surface area contributed by atoms with Crippen LogP contribution in [0.15, 0.2) is 12.2 Å². The minimum Gasteiger partial charge on any atom is -0.450 e. The fraction of sp³-hybridized carbons (Fsp3) is 0.812. The summed E-state index contributed by atoms with van der Waals surface area (Å²) in [5.74, 6) is 0. The van der Waals surface area contributed by atoms with Gasteiger partial charge in [-0.3, -0.25) is 0 Å². The maximum absolute atomic E-state index is 10.8. The third-order valence-corrected chi connectivity index (χ3v) is 3.09. The molecule has 0 spiro atoms. The second kappa shape index (κ2) is 15.1. The summed E-state index contributed by atoms with van der Waals surface area (Å²) in [4.78, 5) is 10.8. The molecule has 0 saturated heterocycles. The van der Waals surface area contributed by atoms with Crippen LogP contribution in [0.3, 0.4) is 0 Å². The van der Waals surface area contributed by atoms with Gasteiger partial charge in [0.15, 0.2) is 0 Å². The number of allylic oxidation sites excluding steroid dienone is 2. The number of ether oxygens (including phenoxy) is 1. The number of unbranched alkanes of at least 4 members (excludes halogenated alkanes) is 8. The van der Waals surface area contributed by atoms with E-state index in [2.05, 4.69) is 24.4 Å². The van der Waals surface area contributed by atoms with Gasteiger partial charge in [0, 0.05) is 7.05 Å². The number of amides is 1. The summed E-state index contributed by atoms with van der Waals surface area (Å²) in [5, 5.41) is 2.44. The van der Waals surface area contributed by atoms with E-state index in [-0.39, 0.29) is 6.09 Å². The first-order valence-corrected chi connectivity index (χ1v) is 7.80. The molecule has 0 radical (unpaired) electrons. The molecule has 0 bridgehead atoms. The number of nitrogens with one attached hydrogen (secondary N) is 1. The maximum atomic E-state index is 10.8. The van der Waals surface area contributed by atoms with Crippen molar-refractivity contribution in [3.05, 3.63) is 12.2 Å². The van der Waals surface area contributed by atoms with E-state index in [1.165, 1.54) is 51.4 Å². The minimum absolute atomic E-state index is 0.324. The molecular formula is C16H31NO2. The van der Waals surface area contributed by atoms with Crippen LogP contribution in [0.4, 0.5) is 4.79 Å². The molecule has 0 aromatic carbocycles. The van der Waals surface area contributed by atoms with Gasteiger partial charge in [0.2, 0.25) is 0 Å². The lowest BCUT2D eigenvalue weighted by molar-refractivity contribution is 0.146. The summed E-state index contributed by atoms with van der Waals surface area (Å²) in [6, 6.07) is 0. The van der Waals surface area contributed by atoms with E-state index >= 15 is 0 Å². The molecule has 0 aromatic rings. The van der Waals surface area contributed by atoms with E-state index < -0.39 is 0 Å². The van der Waals surface area contributed by atoms with Gasteiger partial charge < -0.3 is 10.1 Å². The highest BCUT2D eigenvalue weighted by Gasteiger charge is 1.96. The van der Waals surface area contributed by atoms with Crippen LogP contribution in [0, 0.1) is 0 Å². The maximum Gasteiger partial charge on any atom is 0.406 e. The molecule has 3 heteroatoms. The van der Waals surface area contributed by atoms with E-state index in [0.29, 0.717) is 6.61 Å². The zero-order valence-electron chi connectivity index (χ0n) is 12.7. The van der Waals surface area contributed by atoms with Gasteiger partial charge in [-0.25, -0.2) is 4.79 Å². The summed E-state index contributed by atoms with van der Waals surface area (Å²) in [5.41, 5.74) is 0. The van der Waals surface area contributed by atoms with E-state index in [4.69, 9.17) is 4.74 Å². The Labute approximate surface area is 118 Å². The van der Waals surface area contributed by atoms with Gasteiger partial charge in [-0.05, 0) is 25.7 Å². The minimum atomic E-state index is -0.324. The molecule has 0 unspecified atom stereocenters. The molecule has 1 N–H and O–H groups in total. The van der Waals surface area contributed by atoms with Crippen LogP contribution in [0.25, 0.3) is 0 Å². The van der Waals surface area contributed by atoms with Gasteiger partial charge in [0.1, 0.15) is 0 Å². The lowest BCUT2D eigenvalue weighted by atomic mass is 10.1. The molecule has 0 heterocycles. The lowest BCUT2D eigenvalue weighted by Gasteiger charge is -2.03. The van der Waals surface area contributed by atoms with Crippen LogP contribution in [0.5, 0.6) is 0 Å². The van der Waals surface area contributed by atoms with Crippen molar-refractivity contribution in [2.75, 3.05) is 13.7 Å². The van der Waals surface area contributed by atoms with Gasteiger partial charge >= 0.3 is 6.09 Å². The number of hydrogen-bond donors (Lipinski definition) is 1. The number of alkyl carbamates (subject to hydrolysis) is 1. The molecule has 19 heavy (non-hydrogen) atoms. The van der Waals surface area contributed by atoms with Gasteiger partial charge in [-0.1, -0.05) is 57.6 Å². The first kappa shape index (κ1) is 18.0. The van der Waals surface area contributed by atoms with Crippen LogP contribution in [0.2, 0.25) is 0 Å². The smallest absolute Gasteiger partial charge is 0.406 e. The number of carbonyl (C=O) groups excluding carboxylic acids is 1. The first-order chi connectivity index (χ1) is 9.31. The van der Waals surface area contributed by atoms with Crippen molar-refractivity contribution in [2.24, 2.45) is 0 Å². The fourth-order valence-corrected chi connectivity index (χ4v) is 1.87. The topological polar surface area (TPSA) is 38.3 Å². The molecule has 0 aromatic heterocycles. The van der Waals surface area contributed by atoms with Crippen molar-refractivity contribution in [1.82, 2.24) is 5.32 Å². The SMILES string of the molecule is CCCC/C=C\CCCCCCCCOC(=O)NC. The molecule has 0 aliphatic carbocycles. The predicted octanol–water partition coefficient (Wildman–Crippen LogP) is 4.82. The van der Waals surface area contributed by atoms with Crippen LogP contribution in [-0.4, -0.2) is 19.7 Å². The highest BCUT2D eigenvalue weighted by atomic mass is 16.5. The standard InChI is InChI=1S/C16H31NO2/c1-3-4-5-6-7-8-9-10-11-12-13-14-15-19-16(18)17-2/h6-7H,3-5,8-15H2,1-2H3,(H,17,18)/b7-6-. The van der Waals surface area contributed by atoms with E-state index in [0.717, 1.165) is 12.8 Å². The first-order valence-electron chi connectivity index (χ1n) is 7.80. The summed E-state index contributed by atoms with van der Waals surface area (Å²) in [7, 11) is 1.58. The second-order valence-electron chi connectivity index (χ2n) is 4.91. The van der Waals surface area contributed by atoms with Crippen molar-refractivity contribution in [3.63, 3.8) is 0 Å². The van der Waals surface area contributed by atoms with Gasteiger partial charge in [0.25, 0.3) is 0 Å². The molecular weight excluding hydrogens is 238 g/mol. The van der Waals surface area contributed by atoms with Gasteiger partial charge in [-0.2, -0.15) is 0 Å². The molecule has 0 aliphatic heterocycles. The molecule has 112 valence electrons. The highest BCUT2D eigenvalue weighted by Crippen LogP contribution is 2.08. The van der Waals surface area contributed by atoms with Crippen molar-refractivity contribution in [1.29, 1.82) is 0 Å². The zero-order valence-corrected chi connectivity index (χ0v) is 12.7. The molecule has 3 nitrogen and oxygen atoms in total. The Morgan fingerprint density at radius 1 is 0.947 bits per heavy atom. The van der Waals surface area contributed by atoms with Crippen LogP contribution >= 0.6 is 0 Å². The molecule has 0 aliphatic rings. The Bertz CT molecular complexity index is 227. The second-order valence-corrected chi connectivity index (χ2v) is 4.91. The number of rotatable bonds is 12. The predicted molar refractivity (Wildman–Crippen MR) is 81.4 cm³/mol. The highest BCUT2D eigenvalue weighted by molar-refractivity contribution is 5.66. The van der Waals surface area contributed by atoms with Gasteiger partial charge in [-0.15, -0.1) is 0 Å². The molecule has 0 saturated carbocycles. The monoisotopic (exact) mass is 269 g/mol. The van der Waals surface area contributed by atoms with Crippen molar-refractivity contribution in [2.45, 2.75) is 71.1 Å². The van der Waals surface area contributed by atoms with Crippen LogP contribution < -0.4 is 5.32 Å². The third kappa shape index (κ3) is 15.0. The number of carbonyl (C=O) groups is 1. The summed E-state index contributed by atoms with van der Waals surface area (Å²) in [6.45, 7) is 2.77. The summed E-state index contributed by atoms with van der Waals surface area (Å²) < 4.78 is 4.92. The average molecular weight is 269 g/mol. The average Bonchev–Trinajstić information content (AvgIpc) is 2.43. The third-order valence-electron chi connectivity index (χ3n) is 3.09. The van der Waals surface area contributed by atoms with E-state index in [1.807, 2.05) is 0 Å². The van der Waals surface area contributed by atoms with Gasteiger partial charge in [0.05, 0.1) is 6.61 Å². The quantitative estimate of drug-likeness (QED) is 0.407. The Kier molecular flexibility index (Phi) is 14.3. The largest absolute Gasteiger partial charge is 0.450 e. The molecule has 0 rings (SSSR count). The van der Waals surface area contributed by atoms with Crippen molar-refractivity contribution >= 4 is 6.09 Å². The van der Waals surface area contributed by atoms with Crippen LogP contribution in [-0.2, 0) is 4.74 Å². The fourth-order valence-electron chi connectivity index (χ4n) is 1.87. The Morgan fingerprint density at radius 3 is 2.16 bits per heavy atom. The normalized spacial score (nSPS) is 10.8. The Morgan fingerprint density at radius 2 is 1.53 bits per heavy atom. The molecule has 0 atom stereocenters. The zero-order chi connectivity index (χ0) is 14.2. The number of hydrogen-bond acceptors (Lipinski definition) is 2. The van der Waals surface area contributed by atoms with Crippen LogP contribution in [0.1, 0.15) is 71.1 Å².